The first-order chi connectivity index (χ1) is 10.1. The summed E-state index contributed by atoms with van der Waals surface area (Å²) >= 11 is 1.77. The van der Waals surface area contributed by atoms with Gasteiger partial charge in [-0.15, -0.1) is 0 Å². The molecule has 108 valence electrons. The summed E-state index contributed by atoms with van der Waals surface area (Å²) < 4.78 is 29.2. The first-order valence-electron chi connectivity index (χ1n) is 6.19. The van der Waals surface area contributed by atoms with Gasteiger partial charge in [-0.05, 0) is 29.2 Å². The largest absolute Gasteiger partial charge is 0.294 e. The molecule has 0 aliphatic carbocycles. The summed E-state index contributed by atoms with van der Waals surface area (Å²) in [5, 5.41) is 2.10. The van der Waals surface area contributed by atoms with E-state index in [1.54, 1.807) is 30.0 Å². The molecule has 1 aliphatic rings. The Labute approximate surface area is 128 Å². The van der Waals surface area contributed by atoms with Gasteiger partial charge >= 0.3 is 0 Å². The van der Waals surface area contributed by atoms with Crippen molar-refractivity contribution in [1.29, 1.82) is 0 Å². The predicted molar refractivity (Wildman–Crippen MR) is 86.7 cm³/mol. The molecule has 1 aliphatic heterocycles. The first-order valence-corrected chi connectivity index (χ1v) is 8.51. The highest BCUT2D eigenvalue weighted by atomic mass is 32.2. The van der Waals surface area contributed by atoms with Crippen molar-refractivity contribution in [2.24, 2.45) is 0 Å². The van der Waals surface area contributed by atoms with Crippen LogP contribution in [0.2, 0.25) is 0 Å². The molecule has 0 saturated carbocycles. The van der Waals surface area contributed by atoms with Crippen molar-refractivity contribution in [1.82, 2.24) is 0 Å². The zero-order valence-electron chi connectivity index (χ0n) is 11.1. The Kier molecular flexibility index (Phi) is 5.38. The molecule has 0 amide bonds. The van der Waals surface area contributed by atoms with Crippen molar-refractivity contribution in [3.8, 4) is 0 Å². The fourth-order valence-electron chi connectivity index (χ4n) is 1.64. The van der Waals surface area contributed by atoms with E-state index in [-0.39, 0.29) is 4.90 Å². The van der Waals surface area contributed by atoms with Gasteiger partial charge in [-0.25, -0.2) is 0 Å². The molecule has 21 heavy (non-hydrogen) atoms. The average Bonchev–Trinajstić information content (AvgIpc) is 2.73. The lowest BCUT2D eigenvalue weighted by Crippen LogP contribution is -1.96. The van der Waals surface area contributed by atoms with Crippen LogP contribution in [0.5, 0.6) is 0 Å². The smallest absolute Gasteiger partial charge is 0.282 e. The van der Waals surface area contributed by atoms with E-state index < -0.39 is 10.1 Å². The summed E-state index contributed by atoms with van der Waals surface area (Å²) in [5.41, 5.74) is 1.31. The fourth-order valence-corrected chi connectivity index (χ4v) is 2.88. The highest BCUT2D eigenvalue weighted by Gasteiger charge is 2.05. The molecule has 2 aromatic carbocycles. The topological polar surface area (TPSA) is 54.4 Å². The summed E-state index contributed by atoms with van der Waals surface area (Å²) in [6.45, 7) is 0. The number of hydrogen-bond acceptors (Lipinski definition) is 3. The summed E-state index contributed by atoms with van der Waals surface area (Å²) in [5.74, 6) is 0. The second-order valence-corrected chi connectivity index (χ2v) is 6.50. The van der Waals surface area contributed by atoms with Gasteiger partial charge in [0.15, 0.2) is 0 Å². The highest BCUT2D eigenvalue weighted by Crippen LogP contribution is 2.26. The Balaban J connectivity index is 0.000000155. The van der Waals surface area contributed by atoms with Crippen LogP contribution in [0.1, 0.15) is 5.56 Å². The third kappa shape index (κ3) is 4.90. The third-order valence-corrected chi connectivity index (χ3v) is 4.41. The van der Waals surface area contributed by atoms with Crippen LogP contribution in [0.3, 0.4) is 0 Å². The number of benzene rings is 2. The summed E-state index contributed by atoms with van der Waals surface area (Å²) in [4.78, 5) is 1.26. The molecule has 5 heteroatoms. The zero-order valence-corrected chi connectivity index (χ0v) is 12.7. The number of rotatable bonds is 1. The maximum absolute atomic E-state index is 10.4. The second kappa shape index (κ2) is 7.26. The third-order valence-electron chi connectivity index (χ3n) is 2.62. The average molecular weight is 318 g/mol. The molecule has 3 nitrogen and oxygen atoms in total. The predicted octanol–water partition coefficient (Wildman–Crippen LogP) is 4.25. The number of hydrogen-bond donors (Lipinski definition) is 1. The minimum atomic E-state index is -4.00. The van der Waals surface area contributed by atoms with Crippen molar-refractivity contribution in [3.63, 3.8) is 0 Å². The van der Waals surface area contributed by atoms with E-state index in [0.29, 0.717) is 0 Å². The van der Waals surface area contributed by atoms with Crippen LogP contribution in [0, 0.1) is 0 Å². The molecule has 1 N–H and O–H groups in total. The molecular weight excluding hydrogens is 304 g/mol. The molecule has 0 aromatic heterocycles. The van der Waals surface area contributed by atoms with Crippen molar-refractivity contribution in [2.75, 3.05) is 0 Å². The Bertz CT molecular complexity index is 748. The van der Waals surface area contributed by atoms with E-state index in [4.69, 9.17) is 4.55 Å². The fraction of sp³-hybridized carbons (Fsp3) is 0. The van der Waals surface area contributed by atoms with Gasteiger partial charge in [-0.3, -0.25) is 4.55 Å². The van der Waals surface area contributed by atoms with Crippen molar-refractivity contribution < 1.29 is 13.0 Å². The van der Waals surface area contributed by atoms with E-state index in [0.717, 1.165) is 0 Å². The molecule has 0 saturated heterocycles. The van der Waals surface area contributed by atoms with E-state index in [2.05, 4.69) is 47.9 Å². The lowest BCUT2D eigenvalue weighted by molar-refractivity contribution is 0.483. The van der Waals surface area contributed by atoms with Gasteiger partial charge in [-0.1, -0.05) is 66.4 Å². The number of thioether (sulfide) groups is 1. The highest BCUT2D eigenvalue weighted by molar-refractivity contribution is 8.02. The molecule has 1 heterocycles. The lowest BCUT2D eigenvalue weighted by atomic mass is 10.2. The number of fused-ring (bicyclic) bond motifs is 1. The van der Waals surface area contributed by atoms with Gasteiger partial charge < -0.3 is 0 Å². The molecule has 0 spiro atoms. The van der Waals surface area contributed by atoms with Crippen LogP contribution in [0.15, 0.2) is 81.9 Å². The molecule has 0 unspecified atom stereocenters. The Morgan fingerprint density at radius 2 is 1.52 bits per heavy atom. The number of allylic oxidation sites excluding steroid dienone is 2. The normalized spacial score (nSPS) is 12.8. The molecule has 0 fully saturated rings. The van der Waals surface area contributed by atoms with Crippen LogP contribution in [-0.2, 0) is 10.1 Å². The summed E-state index contributed by atoms with van der Waals surface area (Å²) in [6.07, 6.45) is 6.26. The Hall–Kier alpha value is -1.82. The van der Waals surface area contributed by atoms with Gasteiger partial charge in [0.25, 0.3) is 10.1 Å². The standard InChI is InChI=1S/C10H8S.C6H6O3S/c1-2-7-10-9(5-1)6-3-4-8-11-10;7-10(8,9)6-4-2-1-3-5-6/h1-8H;1-5H,(H,7,8,9). The van der Waals surface area contributed by atoms with Crippen molar-refractivity contribution in [2.45, 2.75) is 9.79 Å². The second-order valence-electron chi connectivity index (χ2n) is 4.13. The van der Waals surface area contributed by atoms with Crippen LogP contribution in [0.25, 0.3) is 6.08 Å². The summed E-state index contributed by atoms with van der Waals surface area (Å²) in [6, 6.07) is 15.8. The molecule has 2 aromatic rings. The minimum absolute atomic E-state index is 0.0741. The van der Waals surface area contributed by atoms with Gasteiger partial charge in [0.2, 0.25) is 0 Å². The van der Waals surface area contributed by atoms with Gasteiger partial charge in [-0.2, -0.15) is 8.42 Å². The van der Waals surface area contributed by atoms with Gasteiger partial charge in [0.1, 0.15) is 0 Å². The van der Waals surface area contributed by atoms with E-state index in [1.165, 1.54) is 22.6 Å². The molecule has 0 bridgehead atoms. The monoisotopic (exact) mass is 318 g/mol. The van der Waals surface area contributed by atoms with E-state index in [1.807, 2.05) is 0 Å². The van der Waals surface area contributed by atoms with E-state index >= 15 is 0 Å². The Morgan fingerprint density at radius 3 is 2.19 bits per heavy atom. The van der Waals surface area contributed by atoms with Crippen LogP contribution < -0.4 is 0 Å². The van der Waals surface area contributed by atoms with Crippen molar-refractivity contribution >= 4 is 28.0 Å². The maximum atomic E-state index is 10.4. The first kappa shape index (κ1) is 15.6. The van der Waals surface area contributed by atoms with Crippen molar-refractivity contribution in [3.05, 3.63) is 77.7 Å². The molecular formula is C16H14O3S2. The SMILES string of the molecule is C1=CSc2ccccc2C=C1.O=S(=O)(O)c1ccccc1. The lowest BCUT2D eigenvalue weighted by Gasteiger charge is -1.98. The van der Waals surface area contributed by atoms with Gasteiger partial charge in [0, 0.05) is 4.90 Å². The van der Waals surface area contributed by atoms with Crippen LogP contribution >= 0.6 is 11.8 Å². The molecule has 0 radical (unpaired) electrons. The Morgan fingerprint density at radius 1 is 0.857 bits per heavy atom. The molecule has 0 atom stereocenters. The zero-order chi connectivity index (χ0) is 15.1. The van der Waals surface area contributed by atoms with Gasteiger partial charge in [0.05, 0.1) is 4.90 Å². The summed E-state index contributed by atoms with van der Waals surface area (Å²) in [7, 11) is -4.00. The van der Waals surface area contributed by atoms with E-state index in [9.17, 15) is 8.42 Å². The quantitative estimate of drug-likeness (QED) is 0.799. The van der Waals surface area contributed by atoms with Crippen LogP contribution in [0.4, 0.5) is 0 Å². The maximum Gasteiger partial charge on any atom is 0.294 e. The van der Waals surface area contributed by atoms with Crippen LogP contribution in [-0.4, -0.2) is 13.0 Å². The minimum Gasteiger partial charge on any atom is -0.282 e. The molecule has 3 rings (SSSR count).